The molecule has 0 spiro atoms. The second-order valence-corrected chi connectivity index (χ2v) is 1.33. The zero-order valence-electron chi connectivity index (χ0n) is 2.95. The minimum atomic E-state index is 0.944. The predicted octanol–water partition coefficient (Wildman–Crippen LogP) is 1.60. The van der Waals surface area contributed by atoms with E-state index < -0.39 is 0 Å². The van der Waals surface area contributed by atoms with Crippen molar-refractivity contribution in [2.75, 3.05) is 0 Å². The molecule has 27 valence electrons. The largest absolute Gasteiger partial charge is 0.209 e. The fourth-order valence-corrected chi connectivity index (χ4v) is 0.327. The summed E-state index contributed by atoms with van der Waals surface area (Å²) in [6, 6.07) is 0. The third kappa shape index (κ3) is 4.28. The molecule has 0 aliphatic rings. The molecule has 0 nitrogen and oxygen atoms in total. The molecule has 0 unspecified atom stereocenters. The molecule has 0 rings (SSSR count). The smallest absolute Gasteiger partial charge is 0.165 e. The quantitative estimate of drug-likeness (QED) is 0.395. The molecule has 0 aliphatic heterocycles. The van der Waals surface area contributed by atoms with E-state index in [-0.39, 0.29) is 0 Å². The van der Waals surface area contributed by atoms with E-state index in [1.807, 2.05) is 12.2 Å². The highest BCUT2D eigenvalue weighted by atomic mass is 79.9. The minimum Gasteiger partial charge on any atom is -0.165 e. The maximum absolute atomic E-state index is 3.49. The second-order valence-electron chi connectivity index (χ2n) is 0.679. The number of hydrogen-bond donors (Lipinski definition) is 0. The normalized spacial score (nSPS) is 6.60. The van der Waals surface area contributed by atoms with Gasteiger partial charge in [0, 0.05) is 0 Å². The maximum atomic E-state index is 3.49. The molecule has 0 aromatic rings. The molecule has 0 amide bonds. The topological polar surface area (TPSA) is 0 Å². The van der Waals surface area contributed by atoms with E-state index in [1.54, 1.807) is 0 Å². The minimum absolute atomic E-state index is 0.944. The molecule has 5 heavy (non-hydrogen) atoms. The van der Waals surface area contributed by atoms with Crippen molar-refractivity contribution in [2.24, 2.45) is 0 Å². The highest BCUT2D eigenvalue weighted by molar-refractivity contribution is 9.23. The predicted molar refractivity (Wildman–Crippen MR) is 29.7 cm³/mol. The van der Waals surface area contributed by atoms with Crippen molar-refractivity contribution >= 4 is 21.9 Å². The van der Waals surface area contributed by atoms with Crippen LogP contribution in [0.5, 0.6) is 0 Å². The lowest BCUT2D eigenvalue weighted by molar-refractivity contribution is 1.76. The van der Waals surface area contributed by atoms with Crippen LogP contribution in [0, 0.1) is 0 Å². The van der Waals surface area contributed by atoms with E-state index >= 15 is 0 Å². The third-order valence-corrected chi connectivity index (χ3v) is 0.630. The van der Waals surface area contributed by atoms with Gasteiger partial charge in [-0.15, -0.1) is 6.58 Å². The molecule has 0 aliphatic carbocycles. The summed E-state index contributed by atoms with van der Waals surface area (Å²) in [6.07, 6.45) is 4.65. The van der Waals surface area contributed by atoms with Crippen molar-refractivity contribution in [3.05, 3.63) is 12.7 Å². The van der Waals surface area contributed by atoms with Crippen LogP contribution in [0.3, 0.4) is 0 Å². The summed E-state index contributed by atoms with van der Waals surface area (Å²) < 4.78 is 0. The van der Waals surface area contributed by atoms with E-state index in [1.165, 1.54) is 0 Å². The first-order valence-electron chi connectivity index (χ1n) is 1.44. The van der Waals surface area contributed by atoms with Crippen molar-refractivity contribution < 1.29 is 0 Å². The number of hydrogen-bond acceptors (Lipinski definition) is 0. The number of rotatable bonds is 2. The molecular weight excluding hydrogens is 127 g/mol. The van der Waals surface area contributed by atoms with Gasteiger partial charge in [0.25, 0.3) is 0 Å². The van der Waals surface area contributed by atoms with Crippen molar-refractivity contribution in [3.63, 3.8) is 0 Å². The molecule has 0 saturated heterocycles. The molecule has 2 heteroatoms. The van der Waals surface area contributed by atoms with E-state index in [4.69, 9.17) is 0 Å². The summed E-state index contributed by atoms with van der Waals surface area (Å²) in [5.74, 6) is 0. The summed E-state index contributed by atoms with van der Waals surface area (Å²) in [4.78, 5) is 0. The van der Waals surface area contributed by atoms with E-state index in [0.717, 1.165) is 6.32 Å². The van der Waals surface area contributed by atoms with Gasteiger partial charge in [-0.2, -0.15) is 15.8 Å². The highest BCUT2D eigenvalue weighted by Gasteiger charge is 1.69. The monoisotopic (exact) mass is 131 g/mol. The van der Waals surface area contributed by atoms with Crippen LogP contribution in [0.25, 0.3) is 0 Å². The van der Waals surface area contributed by atoms with Crippen molar-refractivity contribution in [1.29, 1.82) is 0 Å². The first-order chi connectivity index (χ1) is 2.41. The van der Waals surface area contributed by atoms with Crippen LogP contribution in [-0.4, -0.2) is 6.10 Å². The van der Waals surface area contributed by atoms with Gasteiger partial charge in [-0.05, 0) is 0 Å². The Balaban J connectivity index is 2.40. The van der Waals surface area contributed by atoms with Gasteiger partial charge in [0.15, 0.2) is 0 Å². The Morgan fingerprint density at radius 1 is 2.00 bits per heavy atom. The van der Waals surface area contributed by atoms with Crippen LogP contribution in [0.1, 0.15) is 0 Å². The first-order valence-corrected chi connectivity index (χ1v) is 2.36. The molecule has 1 radical (unpaired) electrons. The van der Waals surface area contributed by atoms with Crippen LogP contribution in [0.15, 0.2) is 12.7 Å². The molecule has 0 atom stereocenters. The molecule has 0 aromatic heterocycles. The highest BCUT2D eigenvalue weighted by Crippen LogP contribution is 1.82. The molecule has 0 fully saturated rings. The molecule has 0 bridgehead atoms. The van der Waals surface area contributed by atoms with Crippen LogP contribution in [0.4, 0.5) is 0 Å². The fourth-order valence-electron chi connectivity index (χ4n) is 0.0630. The van der Waals surface area contributed by atoms with Crippen LogP contribution in [-0.2, 0) is 0 Å². The van der Waals surface area contributed by atoms with Crippen molar-refractivity contribution in [2.45, 2.75) is 6.32 Å². The molecule has 0 saturated carbocycles. The van der Waals surface area contributed by atoms with Gasteiger partial charge in [-0.1, -0.05) is 12.4 Å². The summed E-state index contributed by atoms with van der Waals surface area (Å²) in [7, 11) is 0. The second kappa shape index (κ2) is 4.28. The number of allylic oxidation sites excluding steroid dienone is 1. The third-order valence-electron chi connectivity index (χ3n) is 0.256. The lowest BCUT2D eigenvalue weighted by Gasteiger charge is -1.67. The summed E-state index contributed by atoms with van der Waals surface area (Å²) in [6.45, 7) is 3.49. The van der Waals surface area contributed by atoms with Crippen LogP contribution in [0.2, 0.25) is 6.32 Å². The fraction of sp³-hybridized carbons (Fsp3) is 0.333. The van der Waals surface area contributed by atoms with Gasteiger partial charge >= 0.3 is 0 Å². The lowest BCUT2D eigenvalue weighted by Crippen LogP contribution is -1.63. The Morgan fingerprint density at radius 3 is 2.60 bits per heavy atom. The Labute approximate surface area is 41.5 Å². The molecule has 0 N–H and O–H groups in total. The Kier molecular flexibility index (Phi) is 4.53. The molecular formula is C3H5BBr. The zero-order chi connectivity index (χ0) is 4.12. The summed E-state index contributed by atoms with van der Waals surface area (Å²) in [5, 5.41) is 0. The van der Waals surface area contributed by atoms with E-state index in [2.05, 4.69) is 22.3 Å². The van der Waals surface area contributed by atoms with E-state index in [0.29, 0.717) is 0 Å². The first kappa shape index (κ1) is 5.28. The Bertz CT molecular complexity index is 28.1. The van der Waals surface area contributed by atoms with Gasteiger partial charge in [0.05, 0.1) is 0 Å². The van der Waals surface area contributed by atoms with Crippen LogP contribution < -0.4 is 0 Å². The zero-order valence-corrected chi connectivity index (χ0v) is 4.53. The van der Waals surface area contributed by atoms with Crippen molar-refractivity contribution in [1.82, 2.24) is 0 Å². The van der Waals surface area contributed by atoms with Gasteiger partial charge in [0.2, 0.25) is 6.10 Å². The average Bonchev–Trinajstić information content (AvgIpc) is 1.41. The van der Waals surface area contributed by atoms with Gasteiger partial charge < -0.3 is 0 Å². The summed E-state index contributed by atoms with van der Waals surface area (Å²) >= 11 is 3.11. The number of halogens is 1. The standard InChI is InChI=1S/C3H5BBr/c1-2-3-4-5/h2H,1,3H2. The Hall–Kier alpha value is 0.285. The average molecular weight is 132 g/mol. The molecule has 0 heterocycles. The van der Waals surface area contributed by atoms with Gasteiger partial charge in [0.1, 0.15) is 0 Å². The van der Waals surface area contributed by atoms with Gasteiger partial charge in [-0.25, -0.2) is 0 Å². The lowest BCUT2D eigenvalue weighted by atomic mass is 10.1. The SMILES string of the molecule is C=CC[B]Br. The van der Waals surface area contributed by atoms with Gasteiger partial charge in [-0.3, -0.25) is 0 Å². The van der Waals surface area contributed by atoms with Crippen LogP contribution >= 0.6 is 15.8 Å². The maximum Gasteiger partial charge on any atom is 0.209 e. The van der Waals surface area contributed by atoms with Crippen molar-refractivity contribution in [3.8, 4) is 0 Å². The van der Waals surface area contributed by atoms with E-state index in [9.17, 15) is 0 Å². The Morgan fingerprint density at radius 2 is 2.60 bits per heavy atom. The summed E-state index contributed by atoms with van der Waals surface area (Å²) in [5.41, 5.74) is 0. The molecule has 0 aromatic carbocycles.